The molecule has 5 nitrogen and oxygen atoms in total. The molecule has 3 rings (SSSR count). The molecule has 6 heteroatoms. The van der Waals surface area contributed by atoms with E-state index in [4.69, 9.17) is 0 Å². The zero-order valence-corrected chi connectivity index (χ0v) is 16.7. The zero-order chi connectivity index (χ0) is 19.9. The molecule has 0 radical (unpaired) electrons. The molecule has 0 unspecified atom stereocenters. The summed E-state index contributed by atoms with van der Waals surface area (Å²) in [6, 6.07) is 23.2. The van der Waals surface area contributed by atoms with Crippen molar-refractivity contribution in [2.75, 3.05) is 5.32 Å². The van der Waals surface area contributed by atoms with Crippen LogP contribution < -0.4 is 10.7 Å². The van der Waals surface area contributed by atoms with Crippen molar-refractivity contribution in [3.8, 4) is 0 Å². The Morgan fingerprint density at radius 1 is 0.750 bits per heavy atom. The third-order valence-electron chi connectivity index (χ3n) is 4.03. The van der Waals surface area contributed by atoms with E-state index < -0.39 is 0 Å². The zero-order valence-electron chi connectivity index (χ0n) is 15.1. The molecule has 140 valence electrons. The third kappa shape index (κ3) is 5.14. The highest BCUT2D eigenvalue weighted by Gasteiger charge is 2.08. The van der Waals surface area contributed by atoms with Gasteiger partial charge in [-0.25, -0.2) is 5.43 Å². The molecule has 0 aliphatic heterocycles. The maximum absolute atomic E-state index is 12.3. The summed E-state index contributed by atoms with van der Waals surface area (Å²) in [5.41, 5.74) is 5.80. The Kier molecular flexibility index (Phi) is 6.34. The largest absolute Gasteiger partial charge is 0.322 e. The number of anilines is 1. The SMILES string of the molecule is CC(=NNC(=O)c1ccc(NC(=O)c2ccccc2)cc1)c1ccc(Br)cc1. The van der Waals surface area contributed by atoms with Crippen molar-refractivity contribution in [3.63, 3.8) is 0 Å². The first-order chi connectivity index (χ1) is 13.5. The number of nitrogens with zero attached hydrogens (tertiary/aromatic N) is 1. The van der Waals surface area contributed by atoms with Gasteiger partial charge in [-0.3, -0.25) is 9.59 Å². The van der Waals surface area contributed by atoms with Crippen LogP contribution in [0.25, 0.3) is 0 Å². The highest BCUT2D eigenvalue weighted by Crippen LogP contribution is 2.13. The van der Waals surface area contributed by atoms with Gasteiger partial charge >= 0.3 is 0 Å². The fourth-order valence-electron chi connectivity index (χ4n) is 2.45. The minimum absolute atomic E-state index is 0.201. The second-order valence-corrected chi connectivity index (χ2v) is 6.96. The average molecular weight is 436 g/mol. The number of nitrogens with one attached hydrogen (secondary N) is 2. The van der Waals surface area contributed by atoms with Crippen molar-refractivity contribution in [2.24, 2.45) is 5.10 Å². The van der Waals surface area contributed by atoms with Crippen LogP contribution >= 0.6 is 15.9 Å². The van der Waals surface area contributed by atoms with E-state index in [9.17, 15) is 9.59 Å². The van der Waals surface area contributed by atoms with E-state index in [0.717, 1.165) is 10.0 Å². The molecule has 3 aromatic carbocycles. The molecule has 2 amide bonds. The Morgan fingerprint density at radius 3 is 1.96 bits per heavy atom. The van der Waals surface area contributed by atoms with Gasteiger partial charge in [0.05, 0.1) is 5.71 Å². The number of rotatable bonds is 5. The molecule has 28 heavy (non-hydrogen) atoms. The Labute approximate surface area is 171 Å². The topological polar surface area (TPSA) is 70.6 Å². The molecule has 2 N–H and O–H groups in total. The third-order valence-corrected chi connectivity index (χ3v) is 4.56. The van der Waals surface area contributed by atoms with Crippen molar-refractivity contribution in [3.05, 3.63) is 100 Å². The number of amides is 2. The van der Waals surface area contributed by atoms with Crippen LogP contribution in [0.4, 0.5) is 5.69 Å². The maximum atomic E-state index is 12.3. The van der Waals surface area contributed by atoms with E-state index in [2.05, 4.69) is 31.8 Å². The fourth-order valence-corrected chi connectivity index (χ4v) is 2.72. The number of carbonyl (C=O) groups excluding carboxylic acids is 2. The van der Waals surface area contributed by atoms with Crippen LogP contribution in [0, 0.1) is 0 Å². The van der Waals surface area contributed by atoms with Gasteiger partial charge in [0.1, 0.15) is 0 Å². The van der Waals surface area contributed by atoms with Gasteiger partial charge in [-0.15, -0.1) is 0 Å². The van der Waals surface area contributed by atoms with E-state index in [-0.39, 0.29) is 11.8 Å². The smallest absolute Gasteiger partial charge is 0.271 e. The van der Waals surface area contributed by atoms with Gasteiger partial charge in [-0.05, 0) is 61.0 Å². The molecule has 0 heterocycles. The molecule has 0 aromatic heterocycles. The van der Waals surface area contributed by atoms with Crippen molar-refractivity contribution in [2.45, 2.75) is 6.92 Å². The predicted molar refractivity (Wildman–Crippen MR) is 115 cm³/mol. The van der Waals surface area contributed by atoms with Crippen LogP contribution in [-0.2, 0) is 0 Å². The normalized spacial score (nSPS) is 11.0. The molecule has 3 aromatic rings. The number of halogens is 1. The second kappa shape index (κ2) is 9.10. The van der Waals surface area contributed by atoms with E-state index in [1.807, 2.05) is 37.3 Å². The molecule has 0 saturated carbocycles. The van der Waals surface area contributed by atoms with E-state index in [1.165, 1.54) is 0 Å². The van der Waals surface area contributed by atoms with Crippen LogP contribution in [0.1, 0.15) is 33.2 Å². The standard InChI is InChI=1S/C22H18BrN3O2/c1-15(16-7-11-19(23)12-8-16)25-26-22(28)18-9-13-20(14-10-18)24-21(27)17-5-3-2-4-6-17/h2-14H,1H3,(H,24,27)(H,26,28). The fraction of sp³-hybridized carbons (Fsp3) is 0.0455. The lowest BCUT2D eigenvalue weighted by Gasteiger charge is -2.07. The minimum atomic E-state index is -0.322. The van der Waals surface area contributed by atoms with Crippen LogP contribution in [0.15, 0.2) is 88.4 Å². The van der Waals surface area contributed by atoms with E-state index in [0.29, 0.717) is 22.5 Å². The Morgan fingerprint density at radius 2 is 1.32 bits per heavy atom. The summed E-state index contributed by atoms with van der Waals surface area (Å²) >= 11 is 3.39. The Hall–Kier alpha value is -3.25. The Bertz CT molecular complexity index is 998. The van der Waals surface area contributed by atoms with Gasteiger partial charge in [0.15, 0.2) is 0 Å². The lowest BCUT2D eigenvalue weighted by molar-refractivity contribution is 0.0954. The number of carbonyl (C=O) groups is 2. The summed E-state index contributed by atoms with van der Waals surface area (Å²) in [5, 5.41) is 6.94. The van der Waals surface area contributed by atoms with Gasteiger partial charge in [-0.1, -0.05) is 46.3 Å². The number of hydrogen-bond acceptors (Lipinski definition) is 3. The minimum Gasteiger partial charge on any atom is -0.322 e. The summed E-state index contributed by atoms with van der Waals surface area (Å²) in [7, 11) is 0. The molecule has 0 saturated heterocycles. The van der Waals surface area contributed by atoms with Gasteiger partial charge in [0.25, 0.3) is 11.8 Å². The second-order valence-electron chi connectivity index (χ2n) is 6.04. The average Bonchev–Trinajstić information content (AvgIpc) is 2.73. The molecule has 0 spiro atoms. The quantitative estimate of drug-likeness (QED) is 0.443. The first-order valence-electron chi connectivity index (χ1n) is 8.60. The van der Waals surface area contributed by atoms with Gasteiger partial charge < -0.3 is 5.32 Å². The van der Waals surface area contributed by atoms with Gasteiger partial charge in [-0.2, -0.15) is 5.10 Å². The summed E-state index contributed by atoms with van der Waals surface area (Å²) in [4.78, 5) is 24.4. The van der Waals surface area contributed by atoms with Gasteiger partial charge in [0.2, 0.25) is 0 Å². The lowest BCUT2D eigenvalue weighted by Crippen LogP contribution is -2.19. The van der Waals surface area contributed by atoms with E-state index in [1.54, 1.807) is 48.5 Å². The van der Waals surface area contributed by atoms with Gasteiger partial charge in [0, 0.05) is 21.3 Å². The molecular weight excluding hydrogens is 418 g/mol. The Balaban J connectivity index is 1.61. The maximum Gasteiger partial charge on any atom is 0.271 e. The summed E-state index contributed by atoms with van der Waals surface area (Å²) in [6.07, 6.45) is 0. The van der Waals surface area contributed by atoms with E-state index >= 15 is 0 Å². The van der Waals surface area contributed by atoms with Crippen LogP contribution in [0.5, 0.6) is 0 Å². The van der Waals surface area contributed by atoms with Crippen molar-refractivity contribution >= 4 is 39.1 Å². The molecule has 0 fully saturated rings. The predicted octanol–water partition coefficient (Wildman–Crippen LogP) is 4.86. The monoisotopic (exact) mass is 435 g/mol. The molecule has 0 aliphatic rings. The van der Waals surface area contributed by atoms with Crippen LogP contribution in [0.3, 0.4) is 0 Å². The summed E-state index contributed by atoms with van der Waals surface area (Å²) < 4.78 is 0.979. The van der Waals surface area contributed by atoms with Crippen LogP contribution in [0.2, 0.25) is 0 Å². The summed E-state index contributed by atoms with van der Waals surface area (Å²) in [5.74, 6) is -0.523. The molecular formula is C22H18BrN3O2. The van der Waals surface area contributed by atoms with Crippen molar-refractivity contribution < 1.29 is 9.59 Å². The summed E-state index contributed by atoms with van der Waals surface area (Å²) in [6.45, 7) is 1.83. The first-order valence-corrected chi connectivity index (χ1v) is 9.39. The highest BCUT2D eigenvalue weighted by molar-refractivity contribution is 9.10. The van der Waals surface area contributed by atoms with Crippen molar-refractivity contribution in [1.29, 1.82) is 0 Å². The first kappa shape index (κ1) is 19.5. The number of hydrazone groups is 1. The number of benzene rings is 3. The molecule has 0 bridgehead atoms. The number of hydrogen-bond donors (Lipinski definition) is 2. The van der Waals surface area contributed by atoms with Crippen LogP contribution in [-0.4, -0.2) is 17.5 Å². The molecule has 0 aliphatic carbocycles. The highest BCUT2D eigenvalue weighted by atomic mass is 79.9. The molecule has 0 atom stereocenters. The lowest BCUT2D eigenvalue weighted by atomic mass is 10.1. The van der Waals surface area contributed by atoms with Crippen molar-refractivity contribution in [1.82, 2.24) is 5.43 Å².